The Balaban J connectivity index is 1.78. The summed E-state index contributed by atoms with van der Waals surface area (Å²) in [5.74, 6) is 0.349. The van der Waals surface area contributed by atoms with E-state index in [1.165, 1.54) is 0 Å². The number of carbonyl (C=O) groups is 1. The van der Waals surface area contributed by atoms with Crippen LogP contribution < -0.4 is 5.32 Å². The molecule has 1 N–H and O–H groups in total. The zero-order valence-electron chi connectivity index (χ0n) is 13.7. The Morgan fingerprint density at radius 3 is 2.91 bits per heavy atom. The predicted octanol–water partition coefficient (Wildman–Crippen LogP) is 2.98. The first-order chi connectivity index (χ1) is 10.3. The molecule has 2 aromatic heterocycles. The Morgan fingerprint density at radius 2 is 2.18 bits per heavy atom. The van der Waals surface area contributed by atoms with Crippen molar-refractivity contribution in [2.75, 3.05) is 6.54 Å². The lowest BCUT2D eigenvalue weighted by Gasteiger charge is -2.20. The molecule has 1 atom stereocenters. The van der Waals surface area contributed by atoms with Gasteiger partial charge in [-0.1, -0.05) is 6.92 Å². The van der Waals surface area contributed by atoms with Gasteiger partial charge >= 0.3 is 6.09 Å². The number of amides is 1. The number of hydrogen-bond donors (Lipinski definition) is 1. The molecule has 1 amide bonds. The van der Waals surface area contributed by atoms with E-state index in [1.54, 1.807) is 6.20 Å². The summed E-state index contributed by atoms with van der Waals surface area (Å²) in [5, 5.41) is 2.81. The first-order valence-corrected chi connectivity index (χ1v) is 7.58. The number of hydrogen-bond acceptors (Lipinski definition) is 4. The van der Waals surface area contributed by atoms with Gasteiger partial charge in [0.2, 0.25) is 0 Å². The van der Waals surface area contributed by atoms with Gasteiger partial charge in [0.15, 0.2) is 5.65 Å². The lowest BCUT2D eigenvalue weighted by molar-refractivity contribution is 0.0519. The number of aromatic nitrogens is 3. The van der Waals surface area contributed by atoms with Crippen LogP contribution in [0.5, 0.6) is 0 Å². The summed E-state index contributed by atoms with van der Waals surface area (Å²) in [6, 6.07) is 3.92. The van der Waals surface area contributed by atoms with E-state index >= 15 is 0 Å². The summed E-state index contributed by atoms with van der Waals surface area (Å²) in [5.41, 5.74) is 1.34. The number of alkyl carbamates (subject to hydrolysis) is 1. The molecule has 0 spiro atoms. The Hall–Kier alpha value is -2.11. The van der Waals surface area contributed by atoms with E-state index in [9.17, 15) is 4.79 Å². The molecule has 1 unspecified atom stereocenters. The number of pyridine rings is 1. The first kappa shape index (κ1) is 16.3. The smallest absolute Gasteiger partial charge is 0.407 e. The largest absolute Gasteiger partial charge is 0.444 e. The molecule has 0 radical (unpaired) electrons. The van der Waals surface area contributed by atoms with Crippen molar-refractivity contribution < 1.29 is 9.53 Å². The number of nitrogens with one attached hydrogen (secondary N) is 1. The van der Waals surface area contributed by atoms with Gasteiger partial charge in [-0.15, -0.1) is 0 Å². The summed E-state index contributed by atoms with van der Waals surface area (Å²) in [7, 11) is 0. The number of imidazole rings is 1. The van der Waals surface area contributed by atoms with Crippen molar-refractivity contribution in [2.45, 2.75) is 46.3 Å². The van der Waals surface area contributed by atoms with Gasteiger partial charge in [0.1, 0.15) is 5.60 Å². The molecule has 22 heavy (non-hydrogen) atoms. The summed E-state index contributed by atoms with van der Waals surface area (Å²) < 4.78 is 7.31. The van der Waals surface area contributed by atoms with Gasteiger partial charge in [-0.25, -0.2) is 14.8 Å². The van der Waals surface area contributed by atoms with E-state index < -0.39 is 5.60 Å². The fraction of sp³-hybridized carbons (Fsp3) is 0.562. The van der Waals surface area contributed by atoms with Gasteiger partial charge in [0, 0.05) is 19.3 Å². The molecule has 6 nitrogen and oxygen atoms in total. The second kappa shape index (κ2) is 6.77. The monoisotopic (exact) mass is 304 g/mol. The normalized spacial score (nSPS) is 13.1. The average molecular weight is 304 g/mol. The van der Waals surface area contributed by atoms with Crippen LogP contribution in [0.25, 0.3) is 11.2 Å². The minimum atomic E-state index is -0.462. The molecule has 0 saturated carbocycles. The van der Waals surface area contributed by atoms with Gasteiger partial charge < -0.3 is 14.6 Å². The number of aryl methyl sites for hydroxylation is 1. The standard InChI is InChI=1S/C16H24N4O2/c1-12(10-18-15(21)22-16(2,3)4)7-9-20-11-19-14-13(20)6-5-8-17-14/h5-6,8,11-12H,7,9-10H2,1-4H3,(H,18,21). The lowest BCUT2D eigenvalue weighted by Crippen LogP contribution is -2.35. The van der Waals surface area contributed by atoms with Gasteiger partial charge in [-0.2, -0.15) is 0 Å². The molecule has 0 fully saturated rings. The number of nitrogens with zero attached hydrogens (tertiary/aromatic N) is 3. The summed E-state index contributed by atoms with van der Waals surface area (Å²) >= 11 is 0. The summed E-state index contributed by atoms with van der Waals surface area (Å²) in [6.45, 7) is 9.12. The van der Waals surface area contributed by atoms with Crippen molar-refractivity contribution >= 4 is 17.3 Å². The van der Waals surface area contributed by atoms with E-state index in [1.807, 2.05) is 39.2 Å². The van der Waals surface area contributed by atoms with Crippen molar-refractivity contribution in [1.82, 2.24) is 19.9 Å². The third kappa shape index (κ3) is 4.72. The SMILES string of the molecule is CC(CCn1cnc2ncccc21)CNC(=O)OC(C)(C)C. The molecule has 0 aliphatic rings. The molecule has 0 aliphatic carbocycles. The third-order valence-corrected chi connectivity index (χ3v) is 3.25. The van der Waals surface area contributed by atoms with Crippen molar-refractivity contribution in [3.8, 4) is 0 Å². The zero-order valence-corrected chi connectivity index (χ0v) is 13.7. The highest BCUT2D eigenvalue weighted by molar-refractivity contribution is 5.70. The van der Waals surface area contributed by atoms with Crippen LogP contribution in [0, 0.1) is 5.92 Å². The second-order valence-corrected chi connectivity index (χ2v) is 6.56. The maximum atomic E-state index is 11.6. The highest BCUT2D eigenvalue weighted by atomic mass is 16.6. The molecule has 0 aromatic carbocycles. The molecule has 120 valence electrons. The van der Waals surface area contributed by atoms with Crippen molar-refractivity contribution in [2.24, 2.45) is 5.92 Å². The van der Waals surface area contributed by atoms with Gasteiger partial charge in [-0.05, 0) is 45.2 Å². The number of ether oxygens (including phenoxy) is 1. The fourth-order valence-electron chi connectivity index (χ4n) is 2.11. The van der Waals surface area contributed by atoms with Crippen LogP contribution in [0.1, 0.15) is 34.1 Å². The number of carbonyl (C=O) groups excluding carboxylic acids is 1. The summed E-state index contributed by atoms with van der Waals surface area (Å²) in [6.07, 6.45) is 4.13. The van der Waals surface area contributed by atoms with Gasteiger partial charge in [0.05, 0.1) is 11.8 Å². The molecule has 6 heteroatoms. The Labute approximate surface area is 130 Å². The second-order valence-electron chi connectivity index (χ2n) is 6.56. The van der Waals surface area contributed by atoms with Gasteiger partial charge in [-0.3, -0.25) is 0 Å². The molecule has 2 rings (SSSR count). The quantitative estimate of drug-likeness (QED) is 0.922. The van der Waals surface area contributed by atoms with E-state index in [4.69, 9.17) is 4.74 Å². The lowest BCUT2D eigenvalue weighted by atomic mass is 10.1. The van der Waals surface area contributed by atoms with Gasteiger partial charge in [0.25, 0.3) is 0 Å². The van der Waals surface area contributed by atoms with Crippen LogP contribution in [0.2, 0.25) is 0 Å². The Kier molecular flexibility index (Phi) is 5.00. The molecular formula is C16H24N4O2. The summed E-state index contributed by atoms with van der Waals surface area (Å²) in [4.78, 5) is 20.1. The Morgan fingerprint density at radius 1 is 1.41 bits per heavy atom. The minimum Gasteiger partial charge on any atom is -0.444 e. The molecule has 0 saturated heterocycles. The number of fused-ring (bicyclic) bond motifs is 1. The molecule has 0 bridgehead atoms. The maximum Gasteiger partial charge on any atom is 0.407 e. The van der Waals surface area contributed by atoms with E-state index in [0.717, 1.165) is 24.1 Å². The number of rotatable bonds is 5. The van der Waals surface area contributed by atoms with Crippen molar-refractivity contribution in [3.05, 3.63) is 24.7 Å². The predicted molar refractivity (Wildman–Crippen MR) is 85.5 cm³/mol. The van der Waals surface area contributed by atoms with Crippen molar-refractivity contribution in [3.63, 3.8) is 0 Å². The Bertz CT molecular complexity index is 630. The fourth-order valence-corrected chi connectivity index (χ4v) is 2.11. The average Bonchev–Trinajstić information content (AvgIpc) is 2.84. The van der Waals surface area contributed by atoms with Crippen molar-refractivity contribution in [1.29, 1.82) is 0 Å². The zero-order chi connectivity index (χ0) is 16.2. The van der Waals surface area contributed by atoms with Crippen LogP contribution in [0.4, 0.5) is 4.79 Å². The third-order valence-electron chi connectivity index (χ3n) is 3.25. The van der Waals surface area contributed by atoms with Crippen LogP contribution in [-0.2, 0) is 11.3 Å². The topological polar surface area (TPSA) is 69.0 Å². The molecule has 0 aliphatic heterocycles. The van der Waals surface area contributed by atoms with Crippen LogP contribution >= 0.6 is 0 Å². The van der Waals surface area contributed by atoms with Crippen LogP contribution in [-0.4, -0.2) is 32.8 Å². The van der Waals surface area contributed by atoms with Crippen LogP contribution in [0.3, 0.4) is 0 Å². The minimum absolute atomic E-state index is 0.349. The molecular weight excluding hydrogens is 280 g/mol. The maximum absolute atomic E-state index is 11.6. The van der Waals surface area contributed by atoms with E-state index in [2.05, 4.69) is 26.8 Å². The highest BCUT2D eigenvalue weighted by Gasteiger charge is 2.16. The van der Waals surface area contributed by atoms with E-state index in [-0.39, 0.29) is 6.09 Å². The van der Waals surface area contributed by atoms with E-state index in [0.29, 0.717) is 12.5 Å². The highest BCUT2D eigenvalue weighted by Crippen LogP contribution is 2.12. The molecule has 2 aromatic rings. The first-order valence-electron chi connectivity index (χ1n) is 7.58. The molecule has 2 heterocycles. The van der Waals surface area contributed by atoms with Crippen LogP contribution in [0.15, 0.2) is 24.7 Å².